The first-order valence-electron chi connectivity index (χ1n) is 3.50. The highest BCUT2D eigenvalue weighted by Crippen LogP contribution is 2.14. The maximum absolute atomic E-state index is 11.7. The van der Waals surface area contributed by atoms with Gasteiger partial charge in [0.15, 0.2) is 0 Å². The van der Waals surface area contributed by atoms with E-state index in [1.807, 2.05) is 0 Å². The number of hydrogen-bond donors (Lipinski definition) is 2. The van der Waals surface area contributed by atoms with Crippen LogP contribution < -0.4 is 5.32 Å². The number of amides is 1. The molecular weight excluding hydrogens is 203 g/mol. The number of carboxylic acids is 1. The summed E-state index contributed by atoms with van der Waals surface area (Å²) < 4.78 is 35.0. The summed E-state index contributed by atoms with van der Waals surface area (Å²) in [5.74, 6) is -3.81. The van der Waals surface area contributed by atoms with Gasteiger partial charge in [-0.25, -0.2) is 4.79 Å². The summed E-state index contributed by atoms with van der Waals surface area (Å²) in [6, 6.07) is -1.60. The van der Waals surface area contributed by atoms with Crippen LogP contribution in [0.3, 0.4) is 0 Å². The third kappa shape index (κ3) is 3.92. The molecule has 2 N–H and O–H groups in total. The normalized spacial score (nSPS) is 13.1. The van der Waals surface area contributed by atoms with Gasteiger partial charge in [0, 0.05) is 0 Å². The lowest BCUT2D eigenvalue weighted by Gasteiger charge is -2.13. The second-order valence-corrected chi connectivity index (χ2v) is 2.39. The van der Waals surface area contributed by atoms with Gasteiger partial charge in [0.1, 0.15) is 6.04 Å². The molecule has 0 saturated carbocycles. The number of aliphatic carboxylic acids is 1. The Morgan fingerprint density at radius 2 is 2.00 bits per heavy atom. The van der Waals surface area contributed by atoms with E-state index in [1.165, 1.54) is 5.32 Å². The summed E-state index contributed by atoms with van der Waals surface area (Å²) in [7, 11) is 0. The van der Waals surface area contributed by atoms with E-state index in [1.54, 1.807) is 0 Å². The second-order valence-electron chi connectivity index (χ2n) is 2.39. The first-order valence-corrected chi connectivity index (χ1v) is 3.50. The third-order valence-corrected chi connectivity index (χ3v) is 1.26. The fourth-order valence-electron chi connectivity index (χ4n) is 0.628. The molecule has 0 aliphatic heterocycles. The Morgan fingerprint density at radius 3 is 2.29 bits per heavy atom. The molecule has 7 heteroatoms. The highest BCUT2D eigenvalue weighted by molar-refractivity contribution is 5.86. The molecule has 14 heavy (non-hydrogen) atoms. The summed E-state index contributed by atoms with van der Waals surface area (Å²) in [6.45, 7) is 3.16. The number of carbonyl (C=O) groups excluding carboxylic acids is 1. The molecule has 0 fully saturated rings. The summed E-state index contributed by atoms with van der Waals surface area (Å²) in [4.78, 5) is 20.6. The zero-order valence-corrected chi connectivity index (χ0v) is 6.97. The number of nitrogens with one attached hydrogen (secondary N) is 1. The molecule has 0 aromatic carbocycles. The topological polar surface area (TPSA) is 66.4 Å². The average molecular weight is 211 g/mol. The molecular formula is C7H8F3NO3. The molecule has 0 spiro atoms. The van der Waals surface area contributed by atoms with Crippen LogP contribution in [0.15, 0.2) is 12.7 Å². The average Bonchev–Trinajstić information content (AvgIpc) is 2.01. The van der Waals surface area contributed by atoms with Crippen molar-refractivity contribution in [2.45, 2.75) is 18.6 Å². The first kappa shape index (κ1) is 12.5. The lowest BCUT2D eigenvalue weighted by molar-refractivity contribution is -0.175. The van der Waals surface area contributed by atoms with Crippen LogP contribution in [0.1, 0.15) is 6.42 Å². The van der Waals surface area contributed by atoms with Crippen molar-refractivity contribution in [1.82, 2.24) is 5.32 Å². The molecule has 0 rings (SSSR count). The highest BCUT2D eigenvalue weighted by Gasteiger charge is 2.40. The molecule has 0 aliphatic rings. The zero-order valence-electron chi connectivity index (χ0n) is 6.97. The predicted molar refractivity (Wildman–Crippen MR) is 40.4 cm³/mol. The molecule has 0 aromatic rings. The van der Waals surface area contributed by atoms with E-state index in [9.17, 15) is 22.8 Å². The second kappa shape index (κ2) is 4.64. The number of carbonyl (C=O) groups is 2. The van der Waals surface area contributed by atoms with Crippen LogP contribution in [-0.2, 0) is 9.59 Å². The fraction of sp³-hybridized carbons (Fsp3) is 0.429. The number of hydrogen-bond acceptors (Lipinski definition) is 2. The van der Waals surface area contributed by atoms with Crippen LogP contribution in [0.5, 0.6) is 0 Å². The van der Waals surface area contributed by atoms with Gasteiger partial charge in [-0.1, -0.05) is 6.08 Å². The largest absolute Gasteiger partial charge is 0.480 e. The van der Waals surface area contributed by atoms with Crippen molar-refractivity contribution in [3.63, 3.8) is 0 Å². The van der Waals surface area contributed by atoms with Crippen LogP contribution in [0.2, 0.25) is 0 Å². The van der Waals surface area contributed by atoms with Gasteiger partial charge in [0.2, 0.25) is 0 Å². The molecule has 0 saturated heterocycles. The van der Waals surface area contributed by atoms with Gasteiger partial charge in [0.25, 0.3) is 0 Å². The van der Waals surface area contributed by atoms with Gasteiger partial charge in [0.05, 0.1) is 0 Å². The summed E-state index contributed by atoms with van der Waals surface area (Å²) in [6.07, 6.45) is -4.23. The predicted octanol–water partition coefficient (Wildman–Crippen LogP) is 0.694. The lowest BCUT2D eigenvalue weighted by Crippen LogP contribution is -2.46. The van der Waals surface area contributed by atoms with Gasteiger partial charge < -0.3 is 10.4 Å². The minimum Gasteiger partial charge on any atom is -0.480 e. The molecule has 0 radical (unpaired) electrons. The standard InChI is InChI=1S/C7H8F3NO3/c1-2-3-4(5(12)13)11-6(14)7(8,9)10/h2,4H,1,3H2,(H,11,14)(H,12,13)/t4-/m0/s1. The highest BCUT2D eigenvalue weighted by atomic mass is 19.4. The Bertz CT molecular complexity index is 249. The Labute approximate surface area is 77.4 Å². The van der Waals surface area contributed by atoms with E-state index in [-0.39, 0.29) is 6.42 Å². The Hall–Kier alpha value is -1.53. The van der Waals surface area contributed by atoms with Crippen LogP contribution in [0.25, 0.3) is 0 Å². The molecule has 0 heterocycles. The minimum absolute atomic E-state index is 0.267. The number of carboxylic acid groups (broad SMARTS) is 1. The third-order valence-electron chi connectivity index (χ3n) is 1.26. The SMILES string of the molecule is C=CC[C@H](NC(=O)C(F)(F)F)C(=O)O. The van der Waals surface area contributed by atoms with Crippen LogP contribution >= 0.6 is 0 Å². The van der Waals surface area contributed by atoms with Gasteiger partial charge in [-0.2, -0.15) is 13.2 Å². The first-order chi connectivity index (χ1) is 6.29. The van der Waals surface area contributed by atoms with E-state index >= 15 is 0 Å². The van der Waals surface area contributed by atoms with Crippen molar-refractivity contribution in [1.29, 1.82) is 0 Å². The molecule has 4 nitrogen and oxygen atoms in total. The maximum Gasteiger partial charge on any atom is 0.471 e. The molecule has 1 amide bonds. The van der Waals surface area contributed by atoms with E-state index in [0.717, 1.165) is 6.08 Å². The molecule has 0 aromatic heterocycles. The van der Waals surface area contributed by atoms with Crippen LogP contribution in [0.4, 0.5) is 13.2 Å². The quantitative estimate of drug-likeness (QED) is 0.672. The summed E-state index contributed by atoms with van der Waals surface area (Å²) in [5, 5.41) is 9.71. The van der Waals surface area contributed by atoms with Gasteiger partial charge in [-0.15, -0.1) is 6.58 Å². The van der Waals surface area contributed by atoms with Gasteiger partial charge >= 0.3 is 18.1 Å². The summed E-state index contributed by atoms with van der Waals surface area (Å²) >= 11 is 0. The van der Waals surface area contributed by atoms with Crippen LogP contribution in [0, 0.1) is 0 Å². The Kier molecular flexibility index (Phi) is 4.13. The summed E-state index contributed by atoms with van der Waals surface area (Å²) in [5.41, 5.74) is 0. The number of halogens is 3. The molecule has 1 atom stereocenters. The fourth-order valence-corrected chi connectivity index (χ4v) is 0.628. The van der Waals surface area contributed by atoms with E-state index in [4.69, 9.17) is 5.11 Å². The Balaban J connectivity index is 4.38. The monoisotopic (exact) mass is 211 g/mol. The molecule has 0 bridgehead atoms. The minimum atomic E-state index is -5.07. The van der Waals surface area contributed by atoms with Crippen molar-refractivity contribution in [2.75, 3.05) is 0 Å². The van der Waals surface area contributed by atoms with Gasteiger partial charge in [-0.3, -0.25) is 4.79 Å². The van der Waals surface area contributed by atoms with Crippen LogP contribution in [-0.4, -0.2) is 29.2 Å². The van der Waals surface area contributed by atoms with Crippen molar-refractivity contribution in [2.24, 2.45) is 0 Å². The van der Waals surface area contributed by atoms with E-state index in [0.29, 0.717) is 0 Å². The van der Waals surface area contributed by atoms with E-state index in [2.05, 4.69) is 6.58 Å². The van der Waals surface area contributed by atoms with Gasteiger partial charge in [-0.05, 0) is 6.42 Å². The van der Waals surface area contributed by atoms with Crippen molar-refractivity contribution < 1.29 is 27.9 Å². The number of alkyl halides is 3. The molecule has 80 valence electrons. The maximum atomic E-state index is 11.7. The van der Waals surface area contributed by atoms with E-state index < -0.39 is 24.1 Å². The zero-order chi connectivity index (χ0) is 11.4. The molecule has 0 unspecified atom stereocenters. The molecule has 0 aliphatic carbocycles. The van der Waals surface area contributed by atoms with Crippen molar-refractivity contribution in [3.05, 3.63) is 12.7 Å². The van der Waals surface area contributed by atoms with Crippen molar-refractivity contribution in [3.8, 4) is 0 Å². The lowest BCUT2D eigenvalue weighted by atomic mass is 10.2. The van der Waals surface area contributed by atoms with Crippen molar-refractivity contribution >= 4 is 11.9 Å². The number of rotatable bonds is 4. The smallest absolute Gasteiger partial charge is 0.471 e. The Morgan fingerprint density at radius 1 is 1.50 bits per heavy atom.